The molecule has 0 unspecified atom stereocenters. The first-order valence-electron chi connectivity index (χ1n) is 9.60. The zero-order chi connectivity index (χ0) is 19.9. The number of hydrogen-bond acceptors (Lipinski definition) is 2. The van der Waals surface area contributed by atoms with Crippen molar-refractivity contribution in [3.05, 3.63) is 83.9 Å². The lowest BCUT2D eigenvalue weighted by atomic mass is 9.98. The smallest absolute Gasteiger partial charge is 0.174 e. The van der Waals surface area contributed by atoms with E-state index in [1.807, 2.05) is 18.3 Å². The first kappa shape index (κ1) is 18.7. The van der Waals surface area contributed by atoms with E-state index in [9.17, 15) is 0 Å². The highest BCUT2D eigenvalue weighted by molar-refractivity contribution is 7.80. The molecule has 2 atom stereocenters. The predicted octanol–water partition coefficient (Wildman–Crippen LogP) is 5.12. The van der Waals surface area contributed by atoms with Gasteiger partial charge >= 0.3 is 0 Å². The maximum absolute atomic E-state index is 5.77. The number of rotatable bonds is 3. The van der Waals surface area contributed by atoms with Crippen LogP contribution in [0.4, 0.5) is 5.69 Å². The maximum atomic E-state index is 5.77. The van der Waals surface area contributed by atoms with Crippen molar-refractivity contribution in [1.82, 2.24) is 14.9 Å². The first-order valence-corrected chi connectivity index (χ1v) is 10.0. The summed E-state index contributed by atoms with van der Waals surface area (Å²) in [6.45, 7) is 8.73. The summed E-state index contributed by atoms with van der Waals surface area (Å²) in [6, 6.07) is 16.8. The minimum atomic E-state index is -0.00850. The second-order valence-corrected chi connectivity index (χ2v) is 8.74. The summed E-state index contributed by atoms with van der Waals surface area (Å²) < 4.78 is 2.26. The zero-order valence-electron chi connectivity index (χ0n) is 16.8. The van der Waals surface area contributed by atoms with Gasteiger partial charge in [0.05, 0.1) is 17.8 Å². The maximum Gasteiger partial charge on any atom is 0.174 e. The molecule has 0 radical (unpaired) electrons. The van der Waals surface area contributed by atoms with Gasteiger partial charge in [0.1, 0.15) is 0 Å². The fourth-order valence-electron chi connectivity index (χ4n) is 3.68. The van der Waals surface area contributed by atoms with E-state index in [0.29, 0.717) is 0 Å². The lowest BCUT2D eigenvalue weighted by Gasteiger charge is -2.28. The van der Waals surface area contributed by atoms with Gasteiger partial charge in [-0.15, -0.1) is 0 Å². The van der Waals surface area contributed by atoms with Crippen LogP contribution in [0.2, 0.25) is 0 Å². The van der Waals surface area contributed by atoms with Gasteiger partial charge in [-0.05, 0) is 75.8 Å². The highest BCUT2D eigenvalue weighted by atomic mass is 32.1. The van der Waals surface area contributed by atoms with E-state index < -0.39 is 0 Å². The van der Waals surface area contributed by atoms with Crippen molar-refractivity contribution in [2.24, 2.45) is 0 Å². The van der Waals surface area contributed by atoms with Crippen LogP contribution in [0.1, 0.15) is 49.7 Å². The Bertz CT molecular complexity index is 970. The molecule has 1 N–H and O–H groups in total. The van der Waals surface area contributed by atoms with E-state index in [2.05, 4.69) is 96.3 Å². The van der Waals surface area contributed by atoms with E-state index in [1.165, 1.54) is 11.1 Å². The van der Waals surface area contributed by atoms with Gasteiger partial charge in [0.2, 0.25) is 0 Å². The van der Waals surface area contributed by atoms with Gasteiger partial charge in [-0.1, -0.05) is 23.8 Å². The quantitative estimate of drug-likeness (QED) is 0.629. The summed E-state index contributed by atoms with van der Waals surface area (Å²) in [5.41, 5.74) is 4.57. The van der Waals surface area contributed by atoms with Crippen LogP contribution in [0.5, 0.6) is 0 Å². The molecule has 5 heteroatoms. The predicted molar refractivity (Wildman–Crippen MR) is 119 cm³/mol. The molecule has 0 amide bonds. The van der Waals surface area contributed by atoms with E-state index in [0.717, 1.165) is 16.5 Å². The van der Waals surface area contributed by atoms with Crippen LogP contribution in [0.25, 0.3) is 0 Å². The Kier molecular flexibility index (Phi) is 4.71. The van der Waals surface area contributed by atoms with E-state index in [-0.39, 0.29) is 17.6 Å². The van der Waals surface area contributed by atoms with Gasteiger partial charge < -0.3 is 14.8 Å². The molecule has 4 nitrogen and oxygen atoms in total. The Balaban J connectivity index is 1.81. The highest BCUT2D eigenvalue weighted by Crippen LogP contribution is 2.41. The highest BCUT2D eigenvalue weighted by Gasteiger charge is 2.41. The SMILES string of the molecule is Cc1ccc(N2C(=S)N[C@@H](c3ccccn3)[C@H]2c2ccn(C(C)(C)C)c2)cc1. The monoisotopic (exact) mass is 390 g/mol. The van der Waals surface area contributed by atoms with Crippen molar-refractivity contribution in [2.75, 3.05) is 4.90 Å². The summed E-state index contributed by atoms with van der Waals surface area (Å²) in [7, 11) is 0. The zero-order valence-corrected chi connectivity index (χ0v) is 17.6. The Morgan fingerprint density at radius 3 is 2.39 bits per heavy atom. The number of aryl methyl sites for hydroxylation is 1. The van der Waals surface area contributed by atoms with Gasteiger partial charge in [-0.2, -0.15) is 0 Å². The second kappa shape index (κ2) is 7.06. The number of nitrogens with zero attached hydrogens (tertiary/aromatic N) is 3. The largest absolute Gasteiger partial charge is 0.351 e. The normalized spacial score (nSPS) is 19.7. The van der Waals surface area contributed by atoms with Crippen LogP contribution in [0, 0.1) is 6.92 Å². The molecule has 0 bridgehead atoms. The van der Waals surface area contributed by atoms with Crippen LogP contribution in [0.3, 0.4) is 0 Å². The minimum absolute atomic E-state index is 0.00850. The molecule has 0 saturated carbocycles. The summed E-state index contributed by atoms with van der Waals surface area (Å²) >= 11 is 5.77. The molecular weight excluding hydrogens is 364 g/mol. The van der Waals surface area contributed by atoms with Crippen molar-refractivity contribution in [3.63, 3.8) is 0 Å². The number of thiocarbonyl (C=S) groups is 1. The number of hydrogen-bond donors (Lipinski definition) is 1. The Morgan fingerprint density at radius 2 is 1.79 bits per heavy atom. The average molecular weight is 391 g/mol. The molecule has 1 fully saturated rings. The van der Waals surface area contributed by atoms with E-state index in [1.54, 1.807) is 0 Å². The van der Waals surface area contributed by atoms with Gasteiger partial charge in [-0.3, -0.25) is 4.98 Å². The molecule has 0 aliphatic carbocycles. The number of nitrogens with one attached hydrogen (secondary N) is 1. The fourth-order valence-corrected chi connectivity index (χ4v) is 4.03. The number of benzene rings is 1. The molecule has 1 saturated heterocycles. The molecule has 1 aliphatic heterocycles. The van der Waals surface area contributed by atoms with Crippen LogP contribution in [0.15, 0.2) is 67.1 Å². The second-order valence-electron chi connectivity index (χ2n) is 8.36. The molecule has 28 heavy (non-hydrogen) atoms. The molecule has 3 heterocycles. The lowest BCUT2D eigenvalue weighted by Crippen LogP contribution is -2.29. The van der Waals surface area contributed by atoms with Crippen molar-refractivity contribution >= 4 is 23.0 Å². The van der Waals surface area contributed by atoms with Crippen LogP contribution >= 0.6 is 12.2 Å². The fraction of sp³-hybridized carbons (Fsp3) is 0.304. The van der Waals surface area contributed by atoms with Gasteiger partial charge in [-0.25, -0.2) is 0 Å². The van der Waals surface area contributed by atoms with E-state index >= 15 is 0 Å². The number of pyridine rings is 1. The third kappa shape index (κ3) is 3.42. The van der Waals surface area contributed by atoms with Crippen LogP contribution in [-0.4, -0.2) is 14.7 Å². The number of aromatic nitrogens is 2. The lowest BCUT2D eigenvalue weighted by molar-refractivity contribution is 0.397. The van der Waals surface area contributed by atoms with Crippen LogP contribution < -0.4 is 10.2 Å². The van der Waals surface area contributed by atoms with Gasteiger partial charge in [0, 0.05) is 29.8 Å². The Hall–Kier alpha value is -2.66. The van der Waals surface area contributed by atoms with Gasteiger partial charge in [0.15, 0.2) is 5.11 Å². The molecule has 1 aliphatic rings. The molecule has 0 spiro atoms. The third-order valence-electron chi connectivity index (χ3n) is 5.24. The van der Waals surface area contributed by atoms with E-state index in [4.69, 9.17) is 12.2 Å². The van der Waals surface area contributed by atoms with Crippen molar-refractivity contribution in [3.8, 4) is 0 Å². The molecule has 2 aromatic heterocycles. The van der Waals surface area contributed by atoms with Gasteiger partial charge in [0.25, 0.3) is 0 Å². The molecule has 3 aromatic rings. The topological polar surface area (TPSA) is 33.1 Å². The molecular formula is C23H26N4S. The summed E-state index contributed by atoms with van der Waals surface area (Å²) in [6.07, 6.45) is 6.23. The molecule has 144 valence electrons. The average Bonchev–Trinajstić information content (AvgIpc) is 3.28. The van der Waals surface area contributed by atoms with Crippen molar-refractivity contribution in [2.45, 2.75) is 45.3 Å². The Morgan fingerprint density at radius 1 is 1.04 bits per heavy atom. The van der Waals surface area contributed by atoms with Crippen molar-refractivity contribution < 1.29 is 0 Å². The van der Waals surface area contributed by atoms with Crippen LogP contribution in [-0.2, 0) is 5.54 Å². The molecule has 4 rings (SSSR count). The summed E-state index contributed by atoms with van der Waals surface area (Å²) in [4.78, 5) is 6.83. The first-order chi connectivity index (χ1) is 13.3. The molecule has 1 aromatic carbocycles. The minimum Gasteiger partial charge on any atom is -0.351 e. The number of anilines is 1. The summed E-state index contributed by atoms with van der Waals surface area (Å²) in [5, 5.41) is 4.25. The van der Waals surface area contributed by atoms with Crippen molar-refractivity contribution in [1.29, 1.82) is 0 Å². The summed E-state index contributed by atoms with van der Waals surface area (Å²) in [5.74, 6) is 0. The Labute approximate surface area is 172 Å². The standard InChI is InChI=1S/C23H26N4S/c1-16-8-10-18(11-9-16)27-21(17-12-14-26(15-17)23(2,3)4)20(25-22(27)28)19-7-5-6-13-24-19/h5-15,20-21H,1-4H3,(H,25,28)/t20-,21+/m0/s1. The third-order valence-corrected chi connectivity index (χ3v) is 5.56.